The van der Waals surface area contributed by atoms with Crippen molar-refractivity contribution in [3.05, 3.63) is 35.9 Å². The van der Waals surface area contributed by atoms with Crippen LogP contribution in [0.1, 0.15) is 25.8 Å². The topological polar surface area (TPSA) is 9.23 Å². The van der Waals surface area contributed by atoms with E-state index in [0.717, 1.165) is 6.61 Å². The first-order valence-corrected chi connectivity index (χ1v) is 4.88. The highest BCUT2D eigenvalue weighted by Gasteiger charge is 1.84. The lowest BCUT2D eigenvalue weighted by Gasteiger charge is -1.93. The van der Waals surface area contributed by atoms with Crippen molar-refractivity contribution in [1.29, 1.82) is 0 Å². The molecule has 74 valence electrons. The largest absolute Gasteiger partial charge is 0.385 e. The lowest BCUT2D eigenvalue weighted by Crippen LogP contribution is -1.78. The van der Waals surface area contributed by atoms with Crippen LogP contribution in [-0.2, 0) is 11.2 Å². The summed E-state index contributed by atoms with van der Waals surface area (Å²) in [7, 11) is 1.68. The van der Waals surface area contributed by atoms with E-state index in [0.29, 0.717) is 0 Å². The maximum Gasteiger partial charge on any atom is 0.0433 e. The van der Waals surface area contributed by atoms with Crippen LogP contribution in [0.3, 0.4) is 0 Å². The predicted octanol–water partition coefficient (Wildman–Crippen LogP) is 3.29. The van der Waals surface area contributed by atoms with E-state index in [9.17, 15) is 0 Å². The summed E-state index contributed by atoms with van der Waals surface area (Å²) in [6.45, 7) is 4.98. The molecule has 0 fully saturated rings. The van der Waals surface area contributed by atoms with Crippen LogP contribution in [0.15, 0.2) is 30.3 Å². The van der Waals surface area contributed by atoms with Crippen molar-refractivity contribution in [2.75, 3.05) is 13.7 Å². The van der Waals surface area contributed by atoms with Crippen molar-refractivity contribution in [1.82, 2.24) is 0 Å². The van der Waals surface area contributed by atoms with E-state index < -0.39 is 0 Å². The molecule has 0 unspecified atom stereocenters. The van der Waals surface area contributed by atoms with E-state index in [1.54, 1.807) is 7.11 Å². The van der Waals surface area contributed by atoms with Gasteiger partial charge in [0.2, 0.25) is 0 Å². The monoisotopic (exact) mass is 180 g/mol. The highest BCUT2D eigenvalue weighted by molar-refractivity contribution is 5.14. The number of methoxy groups -OCH3 is 1. The molecule has 0 N–H and O–H groups in total. The van der Waals surface area contributed by atoms with Gasteiger partial charge in [-0.05, 0) is 18.9 Å². The molecule has 0 heterocycles. The molecule has 0 aliphatic rings. The second-order valence-corrected chi connectivity index (χ2v) is 2.81. The van der Waals surface area contributed by atoms with Crippen molar-refractivity contribution < 1.29 is 4.74 Å². The van der Waals surface area contributed by atoms with E-state index in [-0.39, 0.29) is 0 Å². The molecular weight excluding hydrogens is 160 g/mol. The third-order valence-corrected chi connectivity index (χ3v) is 1.67. The average molecular weight is 180 g/mol. The fraction of sp³-hybridized carbons (Fsp3) is 0.500. The molecule has 0 aromatic heterocycles. The quantitative estimate of drug-likeness (QED) is 0.693. The molecule has 1 aromatic rings. The van der Waals surface area contributed by atoms with Gasteiger partial charge < -0.3 is 4.74 Å². The van der Waals surface area contributed by atoms with Gasteiger partial charge in [0, 0.05) is 13.7 Å². The van der Waals surface area contributed by atoms with Crippen LogP contribution < -0.4 is 0 Å². The summed E-state index contributed by atoms with van der Waals surface area (Å²) >= 11 is 0. The molecule has 0 spiro atoms. The Labute approximate surface area is 81.7 Å². The Kier molecular flexibility index (Phi) is 8.68. The molecule has 0 radical (unpaired) electrons. The molecule has 0 saturated heterocycles. The third-order valence-electron chi connectivity index (χ3n) is 1.67. The van der Waals surface area contributed by atoms with Gasteiger partial charge in [0.1, 0.15) is 0 Å². The predicted molar refractivity (Wildman–Crippen MR) is 58.0 cm³/mol. The van der Waals surface area contributed by atoms with Gasteiger partial charge in [-0.3, -0.25) is 0 Å². The third kappa shape index (κ3) is 7.54. The van der Waals surface area contributed by atoms with E-state index in [1.807, 2.05) is 6.92 Å². The fourth-order valence-electron chi connectivity index (χ4n) is 0.933. The lowest BCUT2D eigenvalue weighted by molar-refractivity contribution is 0.215. The highest BCUT2D eigenvalue weighted by Crippen LogP contribution is 2.00. The first-order valence-electron chi connectivity index (χ1n) is 4.88. The Bertz CT molecular complexity index is 180. The average Bonchev–Trinajstić information content (AvgIpc) is 2.20. The van der Waals surface area contributed by atoms with Crippen molar-refractivity contribution in [2.45, 2.75) is 26.7 Å². The smallest absolute Gasteiger partial charge is 0.0433 e. The summed E-state index contributed by atoms with van der Waals surface area (Å²) in [6, 6.07) is 10.6. The number of hydrogen-bond donors (Lipinski definition) is 0. The molecule has 1 heteroatoms. The molecule has 1 aromatic carbocycles. The molecule has 0 saturated carbocycles. The van der Waals surface area contributed by atoms with Crippen LogP contribution in [0.25, 0.3) is 0 Å². The van der Waals surface area contributed by atoms with Crippen molar-refractivity contribution in [3.63, 3.8) is 0 Å². The fourth-order valence-corrected chi connectivity index (χ4v) is 0.933. The molecule has 0 aliphatic carbocycles. The normalized spacial score (nSPS) is 8.85. The van der Waals surface area contributed by atoms with Gasteiger partial charge in [-0.25, -0.2) is 0 Å². The summed E-state index contributed by atoms with van der Waals surface area (Å²) < 4.78 is 4.54. The molecule has 1 nitrogen and oxygen atoms in total. The Morgan fingerprint density at radius 1 is 1.08 bits per heavy atom. The molecule has 1 rings (SSSR count). The minimum absolute atomic E-state index is 0.819. The number of rotatable bonds is 3. The first kappa shape index (κ1) is 12.2. The van der Waals surface area contributed by atoms with E-state index >= 15 is 0 Å². The molecular formula is C12H20O. The number of benzene rings is 1. The van der Waals surface area contributed by atoms with E-state index in [2.05, 4.69) is 42.0 Å². The minimum atomic E-state index is 0.819. The molecule has 13 heavy (non-hydrogen) atoms. The van der Waals surface area contributed by atoms with Crippen molar-refractivity contribution in [2.24, 2.45) is 0 Å². The molecule has 0 atom stereocenters. The zero-order chi connectivity index (χ0) is 9.94. The van der Waals surface area contributed by atoms with Gasteiger partial charge in [-0.15, -0.1) is 0 Å². The van der Waals surface area contributed by atoms with Crippen LogP contribution >= 0.6 is 0 Å². The maximum atomic E-state index is 4.54. The van der Waals surface area contributed by atoms with Gasteiger partial charge in [-0.2, -0.15) is 0 Å². The first-order chi connectivity index (χ1) is 6.35. The number of aryl methyl sites for hydroxylation is 1. The molecule has 0 aliphatic heterocycles. The maximum absolute atomic E-state index is 4.54. The number of ether oxygens (including phenoxy) is 1. The van der Waals surface area contributed by atoms with Gasteiger partial charge >= 0.3 is 0 Å². The van der Waals surface area contributed by atoms with Gasteiger partial charge in [0.15, 0.2) is 0 Å². The second-order valence-electron chi connectivity index (χ2n) is 2.81. The van der Waals surface area contributed by atoms with Crippen LogP contribution in [-0.4, -0.2) is 13.7 Å². The van der Waals surface area contributed by atoms with Gasteiger partial charge in [-0.1, -0.05) is 43.7 Å². The summed E-state index contributed by atoms with van der Waals surface area (Å²) in [5.74, 6) is 0. The van der Waals surface area contributed by atoms with Crippen LogP contribution in [0.4, 0.5) is 0 Å². The van der Waals surface area contributed by atoms with Crippen LogP contribution in [0.2, 0.25) is 0 Å². The zero-order valence-electron chi connectivity index (χ0n) is 8.92. The summed E-state index contributed by atoms with van der Waals surface area (Å²) in [5, 5.41) is 0. The zero-order valence-corrected chi connectivity index (χ0v) is 8.92. The standard InChI is InChI=1S/C9H12.C3H8O/c1-2-6-9-7-4-3-5-8-9;1-3-4-2/h3-5,7-8H,2,6H2,1H3;3H2,1-2H3. The van der Waals surface area contributed by atoms with Gasteiger partial charge in [0.05, 0.1) is 0 Å². The Morgan fingerprint density at radius 2 is 1.62 bits per heavy atom. The van der Waals surface area contributed by atoms with Crippen molar-refractivity contribution in [3.8, 4) is 0 Å². The second kappa shape index (κ2) is 9.27. The lowest BCUT2D eigenvalue weighted by atomic mass is 10.1. The summed E-state index contributed by atoms with van der Waals surface area (Å²) in [5.41, 5.74) is 1.44. The minimum Gasteiger partial charge on any atom is -0.385 e. The Morgan fingerprint density at radius 3 is 2.00 bits per heavy atom. The van der Waals surface area contributed by atoms with Crippen LogP contribution in [0.5, 0.6) is 0 Å². The molecule has 0 bridgehead atoms. The van der Waals surface area contributed by atoms with Crippen LogP contribution in [0, 0.1) is 0 Å². The molecule has 0 amide bonds. The SMILES string of the molecule is CCCc1ccccc1.CCOC. The summed E-state index contributed by atoms with van der Waals surface area (Å²) in [4.78, 5) is 0. The highest BCUT2D eigenvalue weighted by atomic mass is 16.5. The van der Waals surface area contributed by atoms with E-state index in [1.165, 1.54) is 18.4 Å². The summed E-state index contributed by atoms with van der Waals surface area (Å²) in [6.07, 6.45) is 2.45. The Hall–Kier alpha value is -0.820. The number of hydrogen-bond acceptors (Lipinski definition) is 1. The van der Waals surface area contributed by atoms with Gasteiger partial charge in [0.25, 0.3) is 0 Å². The van der Waals surface area contributed by atoms with E-state index in [4.69, 9.17) is 0 Å². The van der Waals surface area contributed by atoms with Crippen molar-refractivity contribution >= 4 is 0 Å². The Balaban J connectivity index is 0.000000310.